The van der Waals surface area contributed by atoms with E-state index in [9.17, 15) is 5.26 Å². The third kappa shape index (κ3) is 5.54. The van der Waals surface area contributed by atoms with Crippen LogP contribution in [-0.2, 0) is 10.8 Å². The van der Waals surface area contributed by atoms with E-state index < -0.39 is 0 Å². The predicted molar refractivity (Wildman–Crippen MR) is 251 cm³/mol. The summed E-state index contributed by atoms with van der Waals surface area (Å²) in [5, 5.41) is 14.2. The summed E-state index contributed by atoms with van der Waals surface area (Å²) in [5.41, 5.74) is 10.9. The molecule has 4 fully saturated rings. The summed E-state index contributed by atoms with van der Waals surface area (Å²) in [4.78, 5) is 15.4. The summed E-state index contributed by atoms with van der Waals surface area (Å²) in [7, 11) is 0. The first kappa shape index (κ1) is 35.8. The van der Waals surface area contributed by atoms with Crippen molar-refractivity contribution in [3.05, 3.63) is 174 Å². The van der Waals surface area contributed by atoms with E-state index in [1.54, 1.807) is 5.56 Å². The van der Waals surface area contributed by atoms with Crippen LogP contribution in [0.4, 0.5) is 0 Å². The van der Waals surface area contributed by atoms with Crippen molar-refractivity contribution in [2.45, 2.75) is 49.4 Å². The van der Waals surface area contributed by atoms with Gasteiger partial charge >= 0.3 is 0 Å². The molecule has 0 N–H and O–H groups in total. The monoisotopic (exact) mass is 816 g/mol. The van der Waals surface area contributed by atoms with Crippen LogP contribution in [-0.4, -0.2) is 15.0 Å². The molecular weight excluding hydrogens is 777 g/mol. The number of para-hydroxylation sites is 1. The van der Waals surface area contributed by atoms with Crippen molar-refractivity contribution >= 4 is 53.4 Å². The molecule has 0 saturated heterocycles. The Morgan fingerprint density at radius 2 is 1.19 bits per heavy atom. The fourth-order valence-electron chi connectivity index (χ4n) is 12.4. The van der Waals surface area contributed by atoms with Crippen molar-refractivity contribution in [3.8, 4) is 51.4 Å². The molecule has 2 atom stereocenters. The molecule has 6 heteroatoms. The van der Waals surface area contributed by atoms with Gasteiger partial charge in [-0.25, -0.2) is 15.0 Å². The first-order chi connectivity index (χ1) is 30.5. The summed E-state index contributed by atoms with van der Waals surface area (Å²) >= 11 is 1.92. The standard InChI is InChI=1S/C56H40N4OS/c57-32-34-16-18-37(19-17-34)40-22-25-43-49(27-40)62-48-15-7-12-45(51(43)48)56-30-35-26-36(31-56)29-55(28-35,33-56)41-23-20-39(21-24-41)53-58-52(38-8-2-1-3-9-38)59-54(60-53)44-11-6-14-47-50(44)42-10-4-5-13-46(42)61-47/h1-25,27,35-36H,26,28-31,33H2. The summed E-state index contributed by atoms with van der Waals surface area (Å²) < 4.78 is 8.99. The summed E-state index contributed by atoms with van der Waals surface area (Å²) in [6.07, 6.45) is 7.61. The number of furan rings is 1. The highest BCUT2D eigenvalue weighted by atomic mass is 32.1. The lowest BCUT2D eigenvalue weighted by Crippen LogP contribution is -2.56. The van der Waals surface area contributed by atoms with E-state index in [-0.39, 0.29) is 10.8 Å². The van der Waals surface area contributed by atoms with Crippen LogP contribution in [0.1, 0.15) is 55.2 Å². The van der Waals surface area contributed by atoms with Crippen molar-refractivity contribution < 1.29 is 4.42 Å². The molecule has 4 aliphatic rings. The third-order valence-corrected chi connectivity index (χ3v) is 15.7. The Kier molecular flexibility index (Phi) is 7.81. The molecule has 3 aromatic heterocycles. The Morgan fingerprint density at radius 1 is 0.532 bits per heavy atom. The van der Waals surface area contributed by atoms with E-state index in [2.05, 4.69) is 109 Å². The number of nitrogens with zero attached hydrogens (tertiary/aromatic N) is 4. The van der Waals surface area contributed by atoms with Crippen LogP contribution in [0.15, 0.2) is 162 Å². The molecule has 14 rings (SSSR count). The molecule has 3 heterocycles. The van der Waals surface area contributed by atoms with Crippen molar-refractivity contribution in [1.82, 2.24) is 15.0 Å². The first-order valence-corrected chi connectivity index (χ1v) is 22.6. The number of rotatable bonds is 6. The minimum Gasteiger partial charge on any atom is -0.456 e. The highest BCUT2D eigenvalue weighted by molar-refractivity contribution is 7.25. The number of hydrogen-bond donors (Lipinski definition) is 0. The maximum atomic E-state index is 9.34. The molecule has 10 aromatic rings. The molecule has 296 valence electrons. The normalized spacial score (nSPS) is 21.6. The van der Waals surface area contributed by atoms with Gasteiger partial charge in [-0.2, -0.15) is 5.26 Å². The van der Waals surface area contributed by atoms with Gasteiger partial charge in [0.15, 0.2) is 17.5 Å². The Bertz CT molecular complexity index is 3440. The molecule has 0 amide bonds. The zero-order valence-electron chi connectivity index (χ0n) is 34.0. The molecular formula is C56H40N4OS. The van der Waals surface area contributed by atoms with Crippen LogP contribution < -0.4 is 0 Å². The highest BCUT2D eigenvalue weighted by Crippen LogP contribution is 2.67. The fourth-order valence-corrected chi connectivity index (χ4v) is 13.5. The van der Waals surface area contributed by atoms with Crippen LogP contribution in [0.3, 0.4) is 0 Å². The minimum absolute atomic E-state index is 0.136. The largest absolute Gasteiger partial charge is 0.456 e. The van der Waals surface area contributed by atoms with Gasteiger partial charge in [-0.05, 0) is 120 Å². The molecule has 7 aromatic carbocycles. The zero-order chi connectivity index (χ0) is 41.0. The maximum Gasteiger partial charge on any atom is 0.164 e. The zero-order valence-corrected chi connectivity index (χ0v) is 34.8. The molecule has 4 bridgehead atoms. The minimum atomic E-state index is 0.136. The van der Waals surface area contributed by atoms with Crippen LogP contribution >= 0.6 is 11.3 Å². The SMILES string of the molecule is N#Cc1ccc(-c2ccc3c(c2)sc2cccc(C45CC6CC(CC(c7ccc(-c8nc(-c9ccccc9)nc(-c9cccc%10oc%11ccccc%11c9%10)n8)cc7)(C6)C4)C5)c23)cc1. The van der Waals surface area contributed by atoms with Crippen LogP contribution in [0, 0.1) is 23.2 Å². The topological polar surface area (TPSA) is 75.6 Å². The molecule has 5 nitrogen and oxygen atoms in total. The third-order valence-electron chi connectivity index (χ3n) is 14.5. The molecule has 62 heavy (non-hydrogen) atoms. The van der Waals surface area contributed by atoms with Gasteiger partial charge in [0.05, 0.1) is 11.6 Å². The molecule has 0 spiro atoms. The number of aromatic nitrogens is 3. The molecule has 2 unspecified atom stereocenters. The Morgan fingerprint density at radius 3 is 1.98 bits per heavy atom. The highest BCUT2D eigenvalue weighted by Gasteiger charge is 2.59. The van der Waals surface area contributed by atoms with Crippen molar-refractivity contribution in [1.29, 1.82) is 5.26 Å². The number of thiophene rings is 1. The van der Waals surface area contributed by atoms with E-state index in [4.69, 9.17) is 19.4 Å². The lowest BCUT2D eigenvalue weighted by molar-refractivity contribution is -0.0274. The van der Waals surface area contributed by atoms with Gasteiger partial charge in [-0.1, -0.05) is 121 Å². The molecule has 4 aliphatic carbocycles. The Labute approximate surface area is 363 Å². The Balaban J connectivity index is 0.884. The van der Waals surface area contributed by atoms with Gasteiger partial charge in [0.25, 0.3) is 0 Å². The number of nitriles is 1. The average Bonchev–Trinajstić information content (AvgIpc) is 3.90. The van der Waals surface area contributed by atoms with Crippen LogP contribution in [0.5, 0.6) is 0 Å². The van der Waals surface area contributed by atoms with Crippen molar-refractivity contribution in [3.63, 3.8) is 0 Å². The second-order valence-electron chi connectivity index (χ2n) is 18.2. The fraction of sp³-hybridized carbons (Fsp3) is 0.179. The Hall–Kier alpha value is -6.94. The van der Waals surface area contributed by atoms with Gasteiger partial charge in [0, 0.05) is 47.6 Å². The van der Waals surface area contributed by atoms with Crippen LogP contribution in [0.25, 0.3) is 87.4 Å². The quantitative estimate of drug-likeness (QED) is 0.167. The van der Waals surface area contributed by atoms with Crippen molar-refractivity contribution in [2.75, 3.05) is 0 Å². The average molecular weight is 817 g/mol. The van der Waals surface area contributed by atoms with Gasteiger partial charge in [0.1, 0.15) is 11.2 Å². The second-order valence-corrected chi connectivity index (χ2v) is 19.3. The lowest BCUT2D eigenvalue weighted by atomic mass is 9.41. The summed E-state index contributed by atoms with van der Waals surface area (Å²) in [5.74, 6) is 3.41. The lowest BCUT2D eigenvalue weighted by Gasteiger charge is -2.63. The molecule has 0 radical (unpaired) electrons. The van der Waals surface area contributed by atoms with Gasteiger partial charge in [-0.3, -0.25) is 0 Å². The van der Waals surface area contributed by atoms with E-state index in [1.165, 1.54) is 69.8 Å². The maximum absolute atomic E-state index is 9.34. The van der Waals surface area contributed by atoms with Gasteiger partial charge in [-0.15, -0.1) is 11.3 Å². The van der Waals surface area contributed by atoms with Gasteiger partial charge < -0.3 is 4.42 Å². The summed E-state index contributed by atoms with van der Waals surface area (Å²) in [6.45, 7) is 0. The second kappa shape index (κ2) is 13.5. The van der Waals surface area contributed by atoms with E-state index >= 15 is 0 Å². The first-order valence-electron chi connectivity index (χ1n) is 21.8. The number of hydrogen-bond acceptors (Lipinski definition) is 6. The van der Waals surface area contributed by atoms with E-state index in [1.807, 2.05) is 65.9 Å². The number of fused-ring (bicyclic) bond motifs is 6. The predicted octanol–water partition coefficient (Wildman–Crippen LogP) is 14.5. The van der Waals surface area contributed by atoms with E-state index in [0.29, 0.717) is 23.0 Å². The van der Waals surface area contributed by atoms with Crippen molar-refractivity contribution in [2.24, 2.45) is 11.8 Å². The molecule has 4 saturated carbocycles. The summed E-state index contributed by atoms with van der Waals surface area (Å²) in [6, 6.07) is 58.2. The molecule has 0 aliphatic heterocycles. The smallest absolute Gasteiger partial charge is 0.164 e. The van der Waals surface area contributed by atoms with Gasteiger partial charge in [0.2, 0.25) is 0 Å². The number of benzene rings is 7. The van der Waals surface area contributed by atoms with E-state index in [0.717, 1.165) is 56.0 Å². The van der Waals surface area contributed by atoms with Crippen LogP contribution in [0.2, 0.25) is 0 Å².